The molecule has 1 aliphatic rings. The van der Waals surface area contributed by atoms with Crippen molar-refractivity contribution in [1.82, 2.24) is 20.1 Å². The number of aryl methyl sites for hydroxylation is 1. The van der Waals surface area contributed by atoms with Crippen LogP contribution in [0.4, 0.5) is 5.13 Å². The first-order valence-corrected chi connectivity index (χ1v) is 7.05. The van der Waals surface area contributed by atoms with E-state index < -0.39 is 0 Å². The zero-order valence-electron chi connectivity index (χ0n) is 10.6. The van der Waals surface area contributed by atoms with Gasteiger partial charge in [-0.25, -0.2) is 4.98 Å². The normalized spacial score (nSPS) is 18.7. The number of carbonyl (C=O) groups is 1. The largest absolute Gasteiger partial charge is 0.310 e. The van der Waals surface area contributed by atoms with Crippen molar-refractivity contribution in [1.29, 1.82) is 0 Å². The zero-order valence-corrected chi connectivity index (χ0v) is 11.4. The first-order chi connectivity index (χ1) is 9.22. The first-order valence-electron chi connectivity index (χ1n) is 6.17. The van der Waals surface area contributed by atoms with Crippen LogP contribution in [0.2, 0.25) is 0 Å². The number of aromatic nitrogens is 3. The van der Waals surface area contributed by atoms with Crippen molar-refractivity contribution in [3.05, 3.63) is 29.0 Å². The fourth-order valence-corrected chi connectivity index (χ4v) is 2.81. The number of fused-ring (bicyclic) bond motifs is 1. The maximum absolute atomic E-state index is 12.2. The smallest absolute Gasteiger partial charge is 0.232 e. The minimum Gasteiger partial charge on any atom is -0.310 e. The highest BCUT2D eigenvalue weighted by molar-refractivity contribution is 7.13. The van der Waals surface area contributed by atoms with Crippen molar-refractivity contribution in [2.24, 2.45) is 5.92 Å². The van der Waals surface area contributed by atoms with E-state index >= 15 is 0 Å². The van der Waals surface area contributed by atoms with Crippen LogP contribution in [-0.2, 0) is 17.9 Å². The third-order valence-corrected chi connectivity index (χ3v) is 3.99. The molecule has 6 nitrogen and oxygen atoms in total. The molecule has 0 radical (unpaired) electrons. The quantitative estimate of drug-likeness (QED) is 0.859. The molecule has 2 aromatic heterocycles. The number of thiazole rings is 1. The third-order valence-electron chi connectivity index (χ3n) is 3.11. The van der Waals surface area contributed by atoms with Crippen LogP contribution in [0, 0.1) is 12.8 Å². The van der Waals surface area contributed by atoms with Crippen LogP contribution >= 0.6 is 11.3 Å². The summed E-state index contributed by atoms with van der Waals surface area (Å²) in [5.41, 5.74) is 2.04. The summed E-state index contributed by atoms with van der Waals surface area (Å²) in [6.45, 7) is 3.92. The molecule has 2 aromatic rings. The first kappa shape index (κ1) is 12.3. The number of hydrogen-bond donors (Lipinski definition) is 2. The lowest BCUT2D eigenvalue weighted by atomic mass is 10.1. The molecule has 0 saturated heterocycles. The maximum atomic E-state index is 12.2. The van der Waals surface area contributed by atoms with Gasteiger partial charge in [0.1, 0.15) is 0 Å². The Morgan fingerprint density at radius 3 is 3.32 bits per heavy atom. The summed E-state index contributed by atoms with van der Waals surface area (Å²) in [7, 11) is 0. The van der Waals surface area contributed by atoms with Crippen LogP contribution in [0.3, 0.4) is 0 Å². The lowest BCUT2D eigenvalue weighted by molar-refractivity contribution is -0.120. The number of anilines is 1. The van der Waals surface area contributed by atoms with Gasteiger partial charge in [0, 0.05) is 24.7 Å². The van der Waals surface area contributed by atoms with Crippen molar-refractivity contribution < 1.29 is 4.79 Å². The van der Waals surface area contributed by atoms with Gasteiger partial charge in [-0.15, -0.1) is 11.3 Å². The van der Waals surface area contributed by atoms with Crippen LogP contribution in [-0.4, -0.2) is 27.2 Å². The molecule has 1 atom stereocenters. The average Bonchev–Trinajstić information content (AvgIpc) is 2.93. The summed E-state index contributed by atoms with van der Waals surface area (Å²) in [6.07, 6.45) is 1.77. The van der Waals surface area contributed by atoms with E-state index in [4.69, 9.17) is 0 Å². The van der Waals surface area contributed by atoms with E-state index in [0.717, 1.165) is 17.9 Å². The second-order valence-electron chi connectivity index (χ2n) is 4.62. The molecular formula is C12H15N5OS. The Labute approximate surface area is 114 Å². The average molecular weight is 277 g/mol. The molecule has 3 heterocycles. The van der Waals surface area contributed by atoms with Crippen LogP contribution in [0.15, 0.2) is 17.6 Å². The molecule has 0 fully saturated rings. The number of amides is 1. The number of nitrogens with zero attached hydrogens (tertiary/aromatic N) is 3. The van der Waals surface area contributed by atoms with Crippen molar-refractivity contribution in [2.75, 3.05) is 11.9 Å². The molecule has 7 heteroatoms. The Hall–Kier alpha value is -1.73. The van der Waals surface area contributed by atoms with Gasteiger partial charge in [0.25, 0.3) is 0 Å². The summed E-state index contributed by atoms with van der Waals surface area (Å²) in [5.74, 6) is -0.143. The molecule has 0 saturated carbocycles. The highest BCUT2D eigenvalue weighted by Gasteiger charge is 2.23. The Morgan fingerprint density at radius 1 is 1.63 bits per heavy atom. The van der Waals surface area contributed by atoms with Gasteiger partial charge < -0.3 is 10.6 Å². The molecule has 2 N–H and O–H groups in total. The molecule has 1 amide bonds. The SMILES string of the molecule is Cc1csc(NC(=O)C2CNCc3ccnn3C2)n1. The maximum Gasteiger partial charge on any atom is 0.232 e. The lowest BCUT2D eigenvalue weighted by Gasteiger charge is -2.13. The second kappa shape index (κ2) is 5.10. The molecular weight excluding hydrogens is 262 g/mol. The van der Waals surface area contributed by atoms with Gasteiger partial charge in [-0.2, -0.15) is 5.10 Å². The summed E-state index contributed by atoms with van der Waals surface area (Å²) >= 11 is 1.45. The summed E-state index contributed by atoms with van der Waals surface area (Å²) in [5, 5.41) is 13.0. The number of nitrogens with one attached hydrogen (secondary N) is 2. The van der Waals surface area contributed by atoms with Crippen LogP contribution < -0.4 is 10.6 Å². The van der Waals surface area contributed by atoms with Crippen molar-refractivity contribution in [2.45, 2.75) is 20.0 Å². The van der Waals surface area contributed by atoms with E-state index in [1.165, 1.54) is 11.3 Å². The van der Waals surface area contributed by atoms with Crippen molar-refractivity contribution in [3.8, 4) is 0 Å². The third kappa shape index (κ3) is 2.66. The minimum atomic E-state index is -0.134. The van der Waals surface area contributed by atoms with Gasteiger partial charge in [0.2, 0.25) is 5.91 Å². The Morgan fingerprint density at radius 2 is 2.53 bits per heavy atom. The fourth-order valence-electron chi connectivity index (χ4n) is 2.12. The van der Waals surface area contributed by atoms with Gasteiger partial charge in [-0.1, -0.05) is 0 Å². The second-order valence-corrected chi connectivity index (χ2v) is 5.47. The van der Waals surface area contributed by atoms with E-state index in [2.05, 4.69) is 20.7 Å². The highest BCUT2D eigenvalue weighted by atomic mass is 32.1. The van der Waals surface area contributed by atoms with Crippen LogP contribution in [0.5, 0.6) is 0 Å². The zero-order chi connectivity index (χ0) is 13.2. The highest BCUT2D eigenvalue weighted by Crippen LogP contribution is 2.17. The molecule has 0 aromatic carbocycles. The van der Waals surface area contributed by atoms with Crippen molar-refractivity contribution in [3.63, 3.8) is 0 Å². The Kier molecular flexibility index (Phi) is 3.31. The van der Waals surface area contributed by atoms with E-state index in [1.54, 1.807) is 6.20 Å². The van der Waals surface area contributed by atoms with E-state index in [0.29, 0.717) is 18.2 Å². The Bertz CT molecular complexity index is 590. The van der Waals surface area contributed by atoms with E-state index in [1.807, 2.05) is 23.1 Å². The molecule has 19 heavy (non-hydrogen) atoms. The molecule has 3 rings (SSSR count). The summed E-state index contributed by atoms with van der Waals surface area (Å²) in [4.78, 5) is 16.5. The monoisotopic (exact) mass is 277 g/mol. The van der Waals surface area contributed by atoms with E-state index in [9.17, 15) is 4.79 Å². The van der Waals surface area contributed by atoms with Gasteiger partial charge in [0.15, 0.2) is 5.13 Å². The lowest BCUT2D eigenvalue weighted by Crippen LogP contribution is -2.32. The van der Waals surface area contributed by atoms with Gasteiger partial charge in [-0.3, -0.25) is 9.48 Å². The molecule has 100 valence electrons. The Balaban J connectivity index is 1.70. The van der Waals surface area contributed by atoms with Crippen LogP contribution in [0.1, 0.15) is 11.4 Å². The number of hydrogen-bond acceptors (Lipinski definition) is 5. The fraction of sp³-hybridized carbons (Fsp3) is 0.417. The topological polar surface area (TPSA) is 71.8 Å². The minimum absolute atomic E-state index is 0.00907. The number of rotatable bonds is 2. The van der Waals surface area contributed by atoms with Gasteiger partial charge >= 0.3 is 0 Å². The summed E-state index contributed by atoms with van der Waals surface area (Å²) < 4.78 is 1.89. The molecule has 0 bridgehead atoms. The summed E-state index contributed by atoms with van der Waals surface area (Å²) in [6, 6.07) is 1.97. The van der Waals surface area contributed by atoms with E-state index in [-0.39, 0.29) is 11.8 Å². The van der Waals surface area contributed by atoms with Gasteiger partial charge in [-0.05, 0) is 13.0 Å². The predicted molar refractivity (Wildman–Crippen MR) is 72.9 cm³/mol. The number of carbonyl (C=O) groups excluding carboxylic acids is 1. The van der Waals surface area contributed by atoms with Crippen molar-refractivity contribution >= 4 is 22.4 Å². The molecule has 1 aliphatic heterocycles. The molecule has 0 aliphatic carbocycles. The predicted octanol–water partition coefficient (Wildman–Crippen LogP) is 1.01. The van der Waals surface area contributed by atoms with Crippen LogP contribution in [0.25, 0.3) is 0 Å². The molecule has 0 spiro atoms. The molecule has 1 unspecified atom stereocenters. The van der Waals surface area contributed by atoms with Gasteiger partial charge in [0.05, 0.1) is 23.9 Å². The standard InChI is InChI=1S/C12H15N5OS/c1-8-7-19-12(15-8)16-11(18)9-4-13-5-10-2-3-14-17(10)6-9/h2-3,7,9,13H,4-6H2,1H3,(H,15,16,18).